The third kappa shape index (κ3) is 3.54. The highest BCUT2D eigenvalue weighted by atomic mass is 35.5. The van der Waals surface area contributed by atoms with Gasteiger partial charge in [0.1, 0.15) is 5.15 Å². The predicted molar refractivity (Wildman–Crippen MR) is 61.7 cm³/mol. The van der Waals surface area contributed by atoms with Crippen LogP contribution in [0, 0.1) is 11.8 Å². The molecule has 78 valence electrons. The first kappa shape index (κ1) is 11.3. The van der Waals surface area contributed by atoms with Gasteiger partial charge in [-0.3, -0.25) is 0 Å². The molecule has 1 N–H and O–H groups in total. The van der Waals surface area contributed by atoms with E-state index in [1.54, 1.807) is 12.3 Å². The molecular weight excluding hydrogens is 196 g/mol. The van der Waals surface area contributed by atoms with Gasteiger partial charge < -0.3 is 5.32 Å². The van der Waals surface area contributed by atoms with Gasteiger partial charge in [0.25, 0.3) is 0 Å². The van der Waals surface area contributed by atoms with E-state index in [-0.39, 0.29) is 0 Å². The summed E-state index contributed by atoms with van der Waals surface area (Å²) in [5, 5.41) is 3.87. The summed E-state index contributed by atoms with van der Waals surface area (Å²) in [6.07, 6.45) is 1.76. The minimum absolute atomic E-state index is 0.535. The normalized spacial score (nSPS) is 12.9. The van der Waals surface area contributed by atoms with Gasteiger partial charge in [0.05, 0.1) is 11.9 Å². The van der Waals surface area contributed by atoms with E-state index in [2.05, 4.69) is 31.1 Å². The number of rotatable bonds is 4. The molecule has 0 radical (unpaired) electrons. The molecule has 1 unspecified atom stereocenters. The maximum absolute atomic E-state index is 5.69. The van der Waals surface area contributed by atoms with Crippen LogP contribution in [0.1, 0.15) is 20.8 Å². The van der Waals surface area contributed by atoms with Crippen LogP contribution in [-0.4, -0.2) is 11.5 Å². The van der Waals surface area contributed by atoms with Crippen LogP contribution in [0.5, 0.6) is 0 Å². The van der Waals surface area contributed by atoms with Crippen molar-refractivity contribution in [3.8, 4) is 0 Å². The fraction of sp³-hybridized carbons (Fsp3) is 0.545. The standard InChI is InChI=1S/C11H17ClN2/c1-8(2)9(3)6-13-10-4-5-11(12)14-7-10/h4-5,7-9,13H,6H2,1-3H3. The molecule has 0 aromatic carbocycles. The van der Waals surface area contributed by atoms with Crippen LogP contribution in [0.4, 0.5) is 5.69 Å². The van der Waals surface area contributed by atoms with Crippen LogP contribution in [0.3, 0.4) is 0 Å². The monoisotopic (exact) mass is 212 g/mol. The number of anilines is 1. The summed E-state index contributed by atoms with van der Waals surface area (Å²) in [5.74, 6) is 1.36. The first-order chi connectivity index (χ1) is 6.59. The zero-order chi connectivity index (χ0) is 10.6. The minimum atomic E-state index is 0.535. The third-order valence-electron chi connectivity index (χ3n) is 2.49. The Kier molecular flexibility index (Phi) is 4.21. The van der Waals surface area contributed by atoms with E-state index in [1.807, 2.05) is 6.07 Å². The topological polar surface area (TPSA) is 24.9 Å². The average Bonchev–Trinajstić information content (AvgIpc) is 2.16. The Bertz CT molecular complexity index is 269. The molecule has 0 spiro atoms. The lowest BCUT2D eigenvalue weighted by atomic mass is 9.98. The molecular formula is C11H17ClN2. The van der Waals surface area contributed by atoms with Crippen LogP contribution in [0.2, 0.25) is 5.15 Å². The van der Waals surface area contributed by atoms with Crippen molar-refractivity contribution in [2.75, 3.05) is 11.9 Å². The Morgan fingerprint density at radius 2 is 2.07 bits per heavy atom. The molecule has 14 heavy (non-hydrogen) atoms. The number of nitrogens with zero attached hydrogens (tertiary/aromatic N) is 1. The Morgan fingerprint density at radius 1 is 1.36 bits per heavy atom. The van der Waals surface area contributed by atoms with E-state index < -0.39 is 0 Å². The van der Waals surface area contributed by atoms with Gasteiger partial charge in [0, 0.05) is 6.54 Å². The van der Waals surface area contributed by atoms with Crippen molar-refractivity contribution in [3.63, 3.8) is 0 Å². The van der Waals surface area contributed by atoms with Crippen molar-refractivity contribution in [2.45, 2.75) is 20.8 Å². The molecule has 1 heterocycles. The molecule has 1 aromatic heterocycles. The molecule has 0 aliphatic heterocycles. The van der Waals surface area contributed by atoms with Crippen LogP contribution in [-0.2, 0) is 0 Å². The molecule has 0 bridgehead atoms. The largest absolute Gasteiger partial charge is 0.384 e. The second-order valence-corrected chi connectivity index (χ2v) is 4.36. The Balaban J connectivity index is 2.42. The Morgan fingerprint density at radius 3 is 2.57 bits per heavy atom. The first-order valence-electron chi connectivity index (χ1n) is 4.95. The van der Waals surface area contributed by atoms with E-state index in [0.29, 0.717) is 17.0 Å². The van der Waals surface area contributed by atoms with Crippen LogP contribution >= 0.6 is 11.6 Å². The Labute approximate surface area is 90.7 Å². The smallest absolute Gasteiger partial charge is 0.129 e. The fourth-order valence-corrected chi connectivity index (χ4v) is 1.11. The van der Waals surface area contributed by atoms with Crippen LogP contribution in [0.15, 0.2) is 18.3 Å². The fourth-order valence-electron chi connectivity index (χ4n) is 0.995. The molecule has 0 saturated heterocycles. The van der Waals surface area contributed by atoms with E-state index in [0.717, 1.165) is 12.2 Å². The van der Waals surface area contributed by atoms with Gasteiger partial charge in [-0.1, -0.05) is 32.4 Å². The molecule has 0 amide bonds. The minimum Gasteiger partial charge on any atom is -0.384 e. The second kappa shape index (κ2) is 5.20. The van der Waals surface area contributed by atoms with Gasteiger partial charge in [0.2, 0.25) is 0 Å². The van der Waals surface area contributed by atoms with Gasteiger partial charge in [-0.2, -0.15) is 0 Å². The van der Waals surface area contributed by atoms with Crippen molar-refractivity contribution in [3.05, 3.63) is 23.5 Å². The molecule has 0 aliphatic carbocycles. The summed E-state index contributed by atoms with van der Waals surface area (Å²) < 4.78 is 0. The molecule has 0 aliphatic rings. The maximum atomic E-state index is 5.69. The summed E-state index contributed by atoms with van der Waals surface area (Å²) in [6.45, 7) is 7.67. The number of halogens is 1. The zero-order valence-corrected chi connectivity index (χ0v) is 9.67. The number of hydrogen-bond acceptors (Lipinski definition) is 2. The van der Waals surface area contributed by atoms with E-state index in [1.165, 1.54) is 0 Å². The molecule has 2 nitrogen and oxygen atoms in total. The summed E-state index contributed by atoms with van der Waals surface area (Å²) in [6, 6.07) is 3.74. The lowest BCUT2D eigenvalue weighted by Crippen LogP contribution is -2.16. The van der Waals surface area contributed by atoms with E-state index >= 15 is 0 Å². The van der Waals surface area contributed by atoms with E-state index in [9.17, 15) is 0 Å². The number of pyridine rings is 1. The molecule has 0 saturated carbocycles. The quantitative estimate of drug-likeness (QED) is 0.774. The van der Waals surface area contributed by atoms with Crippen molar-refractivity contribution < 1.29 is 0 Å². The zero-order valence-electron chi connectivity index (χ0n) is 8.92. The summed E-state index contributed by atoms with van der Waals surface area (Å²) in [5.41, 5.74) is 1.03. The average molecular weight is 213 g/mol. The van der Waals surface area contributed by atoms with Gasteiger partial charge in [-0.25, -0.2) is 4.98 Å². The third-order valence-corrected chi connectivity index (χ3v) is 2.72. The predicted octanol–water partition coefficient (Wildman–Crippen LogP) is 3.44. The molecule has 0 fully saturated rings. The molecule has 1 atom stereocenters. The van der Waals surface area contributed by atoms with Crippen molar-refractivity contribution in [1.29, 1.82) is 0 Å². The van der Waals surface area contributed by atoms with Gasteiger partial charge in [-0.05, 0) is 24.0 Å². The maximum Gasteiger partial charge on any atom is 0.129 e. The van der Waals surface area contributed by atoms with Crippen LogP contribution < -0.4 is 5.32 Å². The summed E-state index contributed by atoms with van der Waals surface area (Å²) in [7, 11) is 0. The number of aromatic nitrogens is 1. The second-order valence-electron chi connectivity index (χ2n) is 3.97. The molecule has 3 heteroatoms. The SMILES string of the molecule is CC(C)C(C)CNc1ccc(Cl)nc1. The number of nitrogens with one attached hydrogen (secondary N) is 1. The van der Waals surface area contributed by atoms with E-state index in [4.69, 9.17) is 11.6 Å². The molecule has 1 aromatic rings. The van der Waals surface area contributed by atoms with Gasteiger partial charge >= 0.3 is 0 Å². The van der Waals surface area contributed by atoms with Crippen molar-refractivity contribution in [2.24, 2.45) is 11.8 Å². The van der Waals surface area contributed by atoms with Gasteiger partial charge in [0.15, 0.2) is 0 Å². The Hall–Kier alpha value is -0.760. The van der Waals surface area contributed by atoms with Crippen molar-refractivity contribution >= 4 is 17.3 Å². The van der Waals surface area contributed by atoms with Gasteiger partial charge in [-0.15, -0.1) is 0 Å². The highest BCUT2D eigenvalue weighted by Crippen LogP contribution is 2.13. The van der Waals surface area contributed by atoms with Crippen LogP contribution in [0.25, 0.3) is 0 Å². The number of hydrogen-bond donors (Lipinski definition) is 1. The lowest BCUT2D eigenvalue weighted by molar-refractivity contribution is 0.440. The highest BCUT2D eigenvalue weighted by Gasteiger charge is 2.06. The molecule has 1 rings (SSSR count). The highest BCUT2D eigenvalue weighted by molar-refractivity contribution is 6.29. The summed E-state index contributed by atoms with van der Waals surface area (Å²) >= 11 is 5.69. The summed E-state index contributed by atoms with van der Waals surface area (Å²) in [4.78, 5) is 4.00. The van der Waals surface area contributed by atoms with Crippen molar-refractivity contribution in [1.82, 2.24) is 4.98 Å². The lowest BCUT2D eigenvalue weighted by Gasteiger charge is -2.16. The first-order valence-corrected chi connectivity index (χ1v) is 5.33.